The van der Waals surface area contributed by atoms with Crippen LogP contribution in [0, 0.1) is 5.92 Å². The van der Waals surface area contributed by atoms with Crippen LogP contribution >= 0.6 is 27.7 Å². The van der Waals surface area contributed by atoms with Crippen LogP contribution in [-0.2, 0) is 0 Å². The maximum Gasteiger partial charge on any atom is 0.223 e. The monoisotopic (exact) mass is 319 g/mol. The van der Waals surface area contributed by atoms with Gasteiger partial charge in [0.05, 0.1) is 4.47 Å². The molecule has 1 heterocycles. The van der Waals surface area contributed by atoms with E-state index in [4.69, 9.17) is 5.11 Å². The molecule has 0 aliphatic heterocycles. The van der Waals surface area contributed by atoms with Crippen LogP contribution in [0.2, 0.25) is 0 Å². The number of hydrogen-bond donors (Lipinski definition) is 2. The number of aliphatic hydroxyl groups excluding tert-OH is 1. The van der Waals surface area contributed by atoms with Gasteiger partial charge in [-0.1, -0.05) is 13.8 Å². The summed E-state index contributed by atoms with van der Waals surface area (Å²) >= 11 is 5.06. The highest BCUT2D eigenvalue weighted by molar-refractivity contribution is 9.10. The van der Waals surface area contributed by atoms with E-state index in [9.17, 15) is 0 Å². The predicted octanol–water partition coefficient (Wildman–Crippen LogP) is 2.78. The van der Waals surface area contributed by atoms with Crippen LogP contribution in [0.1, 0.15) is 20.3 Å². The summed E-state index contributed by atoms with van der Waals surface area (Å²) in [6.07, 6.45) is 2.81. The van der Waals surface area contributed by atoms with Gasteiger partial charge in [0.15, 0.2) is 0 Å². The molecule has 4 nitrogen and oxygen atoms in total. The van der Waals surface area contributed by atoms with Crippen molar-refractivity contribution in [3.63, 3.8) is 0 Å². The van der Waals surface area contributed by atoms with Crippen molar-refractivity contribution in [3.8, 4) is 0 Å². The summed E-state index contributed by atoms with van der Waals surface area (Å²) in [5, 5.41) is 13.1. The van der Waals surface area contributed by atoms with Crippen molar-refractivity contribution in [1.82, 2.24) is 9.97 Å². The van der Waals surface area contributed by atoms with Gasteiger partial charge in [0.1, 0.15) is 5.03 Å². The third-order valence-corrected chi connectivity index (χ3v) is 4.22. The first kappa shape index (κ1) is 14.7. The summed E-state index contributed by atoms with van der Waals surface area (Å²) in [6.45, 7) is 5.19. The lowest BCUT2D eigenvalue weighted by molar-refractivity contribution is 0.250. The van der Waals surface area contributed by atoms with Crippen LogP contribution in [0.3, 0.4) is 0 Å². The van der Waals surface area contributed by atoms with Gasteiger partial charge in [0.25, 0.3) is 0 Å². The Morgan fingerprint density at radius 2 is 2.35 bits per heavy atom. The van der Waals surface area contributed by atoms with E-state index in [0.717, 1.165) is 28.2 Å². The largest absolute Gasteiger partial charge is 0.396 e. The zero-order valence-corrected chi connectivity index (χ0v) is 12.5. The van der Waals surface area contributed by atoms with Crippen LogP contribution < -0.4 is 5.32 Å². The Morgan fingerprint density at radius 1 is 1.59 bits per heavy atom. The van der Waals surface area contributed by atoms with Crippen molar-refractivity contribution in [3.05, 3.63) is 10.7 Å². The van der Waals surface area contributed by atoms with E-state index in [2.05, 4.69) is 38.1 Å². The van der Waals surface area contributed by atoms with Gasteiger partial charge in [-0.3, -0.25) is 0 Å². The zero-order valence-electron chi connectivity index (χ0n) is 10.1. The fourth-order valence-corrected chi connectivity index (χ4v) is 2.47. The maximum absolute atomic E-state index is 8.98. The number of halogens is 1. The molecule has 0 fully saturated rings. The van der Waals surface area contributed by atoms with Gasteiger partial charge in [0, 0.05) is 25.1 Å². The predicted molar refractivity (Wildman–Crippen MR) is 75.5 cm³/mol. The van der Waals surface area contributed by atoms with Crippen LogP contribution in [0.5, 0.6) is 0 Å². The molecular weight excluding hydrogens is 302 g/mol. The van der Waals surface area contributed by atoms with E-state index in [1.54, 1.807) is 18.0 Å². The van der Waals surface area contributed by atoms with Crippen LogP contribution in [-0.4, -0.2) is 34.0 Å². The molecule has 1 unspecified atom stereocenters. The van der Waals surface area contributed by atoms with Gasteiger partial charge in [0.2, 0.25) is 5.95 Å². The highest BCUT2D eigenvalue weighted by Gasteiger charge is 2.08. The molecule has 0 bridgehead atoms. The highest BCUT2D eigenvalue weighted by Crippen LogP contribution is 2.27. The Morgan fingerprint density at radius 3 is 3.00 bits per heavy atom. The van der Waals surface area contributed by atoms with Crippen molar-refractivity contribution < 1.29 is 5.11 Å². The minimum absolute atomic E-state index is 0.205. The van der Waals surface area contributed by atoms with E-state index < -0.39 is 0 Å². The van der Waals surface area contributed by atoms with Gasteiger partial charge in [-0.15, -0.1) is 11.8 Å². The molecule has 0 radical (unpaired) electrons. The molecule has 6 heteroatoms. The Balaban J connectivity index is 2.62. The van der Waals surface area contributed by atoms with E-state index >= 15 is 0 Å². The summed E-state index contributed by atoms with van der Waals surface area (Å²) in [6, 6.07) is 0. The SMILES string of the molecule is CCCNc1ncc(Br)c(SCC(C)CO)n1. The van der Waals surface area contributed by atoms with Gasteiger partial charge >= 0.3 is 0 Å². The second-order valence-corrected chi connectivity index (χ2v) is 5.74. The average Bonchev–Trinajstić information content (AvgIpc) is 2.35. The summed E-state index contributed by atoms with van der Waals surface area (Å²) in [7, 11) is 0. The smallest absolute Gasteiger partial charge is 0.223 e. The Bertz CT molecular complexity index is 351. The van der Waals surface area contributed by atoms with Crippen LogP contribution in [0.4, 0.5) is 5.95 Å². The second kappa shape index (κ2) is 7.89. The minimum atomic E-state index is 0.205. The molecule has 1 atom stereocenters. The van der Waals surface area contributed by atoms with Gasteiger partial charge in [-0.2, -0.15) is 0 Å². The van der Waals surface area contributed by atoms with E-state index in [0.29, 0.717) is 5.95 Å². The molecule has 1 aromatic heterocycles. The summed E-state index contributed by atoms with van der Waals surface area (Å²) in [5.74, 6) is 1.78. The molecule has 96 valence electrons. The third kappa shape index (κ3) is 5.23. The molecule has 0 amide bonds. The number of rotatable bonds is 7. The molecule has 0 spiro atoms. The van der Waals surface area contributed by atoms with E-state index in [1.165, 1.54) is 0 Å². The summed E-state index contributed by atoms with van der Waals surface area (Å²) < 4.78 is 0.898. The van der Waals surface area contributed by atoms with Crippen molar-refractivity contribution in [2.45, 2.75) is 25.3 Å². The van der Waals surface area contributed by atoms with Crippen LogP contribution in [0.25, 0.3) is 0 Å². The lowest BCUT2D eigenvalue weighted by Crippen LogP contribution is -2.06. The fourth-order valence-electron chi connectivity index (χ4n) is 1.05. The lowest BCUT2D eigenvalue weighted by atomic mass is 10.2. The number of anilines is 1. The highest BCUT2D eigenvalue weighted by atomic mass is 79.9. The van der Waals surface area contributed by atoms with Gasteiger partial charge in [-0.25, -0.2) is 9.97 Å². The van der Waals surface area contributed by atoms with E-state index in [1.807, 2.05) is 6.92 Å². The maximum atomic E-state index is 8.98. The number of nitrogens with one attached hydrogen (secondary N) is 1. The molecule has 0 aliphatic rings. The summed E-state index contributed by atoms with van der Waals surface area (Å²) in [4.78, 5) is 8.62. The number of aromatic nitrogens is 2. The average molecular weight is 320 g/mol. The molecule has 1 aromatic rings. The van der Waals surface area contributed by atoms with Crippen molar-refractivity contribution in [2.75, 3.05) is 24.2 Å². The fraction of sp³-hybridized carbons (Fsp3) is 0.636. The lowest BCUT2D eigenvalue weighted by Gasteiger charge is -2.09. The Kier molecular flexibility index (Phi) is 6.84. The number of thioether (sulfide) groups is 1. The van der Waals surface area contributed by atoms with Gasteiger partial charge < -0.3 is 10.4 Å². The second-order valence-electron chi connectivity index (χ2n) is 3.87. The van der Waals surface area contributed by atoms with Gasteiger partial charge in [-0.05, 0) is 28.3 Å². The van der Waals surface area contributed by atoms with E-state index in [-0.39, 0.29) is 12.5 Å². The van der Waals surface area contributed by atoms with Crippen molar-refractivity contribution in [2.24, 2.45) is 5.92 Å². The first-order valence-corrected chi connectivity index (χ1v) is 7.45. The molecule has 0 aliphatic carbocycles. The third-order valence-electron chi connectivity index (χ3n) is 2.06. The van der Waals surface area contributed by atoms with Crippen molar-refractivity contribution in [1.29, 1.82) is 0 Å². The normalized spacial score (nSPS) is 12.5. The Labute approximate surface area is 115 Å². The zero-order chi connectivity index (χ0) is 12.7. The minimum Gasteiger partial charge on any atom is -0.396 e. The molecule has 0 aromatic carbocycles. The molecule has 2 N–H and O–H groups in total. The first-order valence-electron chi connectivity index (χ1n) is 5.67. The molecule has 17 heavy (non-hydrogen) atoms. The first-order chi connectivity index (χ1) is 8.17. The Hall–Kier alpha value is -0.330. The summed E-state index contributed by atoms with van der Waals surface area (Å²) in [5.41, 5.74) is 0. The van der Waals surface area contributed by atoms with Crippen molar-refractivity contribution >= 4 is 33.6 Å². The number of nitrogens with zero attached hydrogens (tertiary/aromatic N) is 2. The van der Waals surface area contributed by atoms with Crippen LogP contribution in [0.15, 0.2) is 15.7 Å². The molecule has 0 saturated carbocycles. The topological polar surface area (TPSA) is 58.0 Å². The molecule has 0 saturated heterocycles. The molecule has 1 rings (SSSR count). The standard InChI is InChI=1S/C11H18BrN3OS/c1-3-4-13-11-14-5-9(12)10(15-11)17-7-8(2)6-16/h5,8,16H,3-4,6-7H2,1-2H3,(H,13,14,15). The molecular formula is C11H18BrN3OS. The number of aliphatic hydroxyl groups is 1. The quantitative estimate of drug-likeness (QED) is 0.598. The number of hydrogen-bond acceptors (Lipinski definition) is 5.